The minimum atomic E-state index is -4.25. The first-order valence-corrected chi connectivity index (χ1v) is 6.19. The fraction of sp³-hybridized carbons (Fsp3) is 1.00. The maximum Gasteiger partial charge on any atom is 0.391 e. The largest absolute Gasteiger partial charge is 0.391 e. The molecular formula is C12H19F3O3. The molecule has 4 atom stereocenters. The van der Waals surface area contributed by atoms with E-state index in [0.717, 1.165) is 0 Å². The van der Waals surface area contributed by atoms with Gasteiger partial charge in [0.25, 0.3) is 0 Å². The van der Waals surface area contributed by atoms with E-state index in [2.05, 4.69) is 0 Å². The average molecular weight is 268 g/mol. The van der Waals surface area contributed by atoms with Crippen molar-refractivity contribution in [3.8, 4) is 0 Å². The SMILES string of the molecule is CC[C@@]1(CC(F)(F)F)O[C@@H]2OC(C)(C)O[C@@H]2[C@@H]1C. The van der Waals surface area contributed by atoms with E-state index in [1.165, 1.54) is 0 Å². The molecule has 0 aromatic carbocycles. The number of hydrogen-bond donors (Lipinski definition) is 0. The van der Waals surface area contributed by atoms with Gasteiger partial charge in [-0.05, 0) is 20.3 Å². The Morgan fingerprint density at radius 3 is 2.17 bits per heavy atom. The van der Waals surface area contributed by atoms with Crippen LogP contribution in [0.3, 0.4) is 0 Å². The minimum Gasteiger partial charge on any atom is -0.343 e. The summed E-state index contributed by atoms with van der Waals surface area (Å²) in [6, 6.07) is 0. The third-order valence-electron chi connectivity index (χ3n) is 3.86. The Bertz CT molecular complexity index is 329. The summed E-state index contributed by atoms with van der Waals surface area (Å²) in [6.45, 7) is 6.91. The predicted molar refractivity (Wildman–Crippen MR) is 57.8 cm³/mol. The summed E-state index contributed by atoms with van der Waals surface area (Å²) in [7, 11) is 0. The lowest BCUT2D eigenvalue weighted by Crippen LogP contribution is -2.42. The molecular weight excluding hydrogens is 249 g/mol. The molecule has 3 nitrogen and oxygen atoms in total. The van der Waals surface area contributed by atoms with E-state index in [9.17, 15) is 13.2 Å². The molecule has 2 fully saturated rings. The van der Waals surface area contributed by atoms with Crippen LogP contribution in [0.5, 0.6) is 0 Å². The van der Waals surface area contributed by atoms with E-state index in [1.807, 2.05) is 0 Å². The van der Waals surface area contributed by atoms with Gasteiger partial charge >= 0.3 is 6.18 Å². The number of halogens is 3. The van der Waals surface area contributed by atoms with E-state index in [4.69, 9.17) is 14.2 Å². The van der Waals surface area contributed by atoms with E-state index >= 15 is 0 Å². The van der Waals surface area contributed by atoms with Crippen molar-refractivity contribution in [1.29, 1.82) is 0 Å². The van der Waals surface area contributed by atoms with Crippen molar-refractivity contribution in [2.45, 2.75) is 70.5 Å². The smallest absolute Gasteiger partial charge is 0.343 e. The highest BCUT2D eigenvalue weighted by atomic mass is 19.4. The maximum atomic E-state index is 12.7. The lowest BCUT2D eigenvalue weighted by molar-refractivity contribution is -0.256. The van der Waals surface area contributed by atoms with Crippen molar-refractivity contribution in [2.75, 3.05) is 0 Å². The van der Waals surface area contributed by atoms with Crippen LogP contribution in [0.25, 0.3) is 0 Å². The molecule has 0 radical (unpaired) electrons. The molecule has 2 heterocycles. The Morgan fingerprint density at radius 2 is 1.72 bits per heavy atom. The molecule has 2 aliphatic rings. The van der Waals surface area contributed by atoms with Crippen LogP contribution in [-0.2, 0) is 14.2 Å². The molecule has 0 spiro atoms. The third kappa shape index (κ3) is 2.38. The highest BCUT2D eigenvalue weighted by molar-refractivity contribution is 5.01. The van der Waals surface area contributed by atoms with Gasteiger partial charge < -0.3 is 14.2 Å². The number of ether oxygens (including phenoxy) is 3. The lowest BCUT2D eigenvalue weighted by Gasteiger charge is -2.35. The van der Waals surface area contributed by atoms with Crippen LogP contribution in [-0.4, -0.2) is 30.0 Å². The highest BCUT2D eigenvalue weighted by Crippen LogP contribution is 2.50. The van der Waals surface area contributed by atoms with Crippen LogP contribution in [0.2, 0.25) is 0 Å². The molecule has 0 bridgehead atoms. The Labute approximate surface area is 105 Å². The van der Waals surface area contributed by atoms with Crippen LogP contribution < -0.4 is 0 Å². The maximum absolute atomic E-state index is 12.7. The van der Waals surface area contributed by atoms with Gasteiger partial charge in [-0.3, -0.25) is 0 Å². The van der Waals surface area contributed by atoms with Crippen molar-refractivity contribution in [1.82, 2.24) is 0 Å². The Kier molecular flexibility index (Phi) is 3.19. The molecule has 0 aromatic heterocycles. The average Bonchev–Trinajstić information content (AvgIpc) is 2.59. The summed E-state index contributed by atoms with van der Waals surface area (Å²) < 4.78 is 54.8. The second kappa shape index (κ2) is 4.08. The molecule has 2 rings (SSSR count). The number of alkyl halides is 3. The minimum absolute atomic E-state index is 0.286. The summed E-state index contributed by atoms with van der Waals surface area (Å²) in [6.07, 6.45) is -6.05. The van der Waals surface area contributed by atoms with Gasteiger partial charge in [0.2, 0.25) is 0 Å². The molecule has 0 saturated carbocycles. The zero-order valence-corrected chi connectivity index (χ0v) is 11.0. The molecule has 0 aromatic rings. The van der Waals surface area contributed by atoms with Gasteiger partial charge in [-0.2, -0.15) is 13.2 Å². The topological polar surface area (TPSA) is 27.7 Å². The molecule has 0 amide bonds. The summed E-state index contributed by atoms with van der Waals surface area (Å²) in [5.74, 6) is -1.14. The van der Waals surface area contributed by atoms with Gasteiger partial charge in [-0.25, -0.2) is 0 Å². The number of rotatable bonds is 2. The molecule has 2 aliphatic heterocycles. The summed E-state index contributed by atoms with van der Waals surface area (Å²) in [4.78, 5) is 0. The first kappa shape index (κ1) is 14.1. The zero-order valence-electron chi connectivity index (χ0n) is 11.0. The Morgan fingerprint density at radius 1 is 1.11 bits per heavy atom. The van der Waals surface area contributed by atoms with E-state index in [-0.39, 0.29) is 12.3 Å². The van der Waals surface area contributed by atoms with E-state index in [1.54, 1.807) is 27.7 Å². The standard InChI is InChI=1S/C12H19F3O3/c1-5-11(6-12(13,14)15)7(2)8-9(18-11)17-10(3,4)16-8/h7-9H,5-6H2,1-4H3/t7-,8+,9-,11-/m0/s1. The van der Waals surface area contributed by atoms with Gasteiger partial charge in [0.15, 0.2) is 12.1 Å². The normalized spacial score (nSPS) is 43.2. The van der Waals surface area contributed by atoms with Crippen molar-refractivity contribution in [2.24, 2.45) is 5.92 Å². The van der Waals surface area contributed by atoms with Crippen molar-refractivity contribution >= 4 is 0 Å². The molecule has 0 unspecified atom stereocenters. The van der Waals surface area contributed by atoms with Gasteiger partial charge in [-0.1, -0.05) is 13.8 Å². The molecule has 0 aliphatic carbocycles. The van der Waals surface area contributed by atoms with Gasteiger partial charge in [0.05, 0.1) is 12.0 Å². The van der Waals surface area contributed by atoms with Crippen molar-refractivity contribution in [3.63, 3.8) is 0 Å². The van der Waals surface area contributed by atoms with Crippen LogP contribution in [0.15, 0.2) is 0 Å². The molecule has 106 valence electrons. The molecule has 6 heteroatoms. The number of fused-ring (bicyclic) bond motifs is 1. The third-order valence-corrected chi connectivity index (χ3v) is 3.86. The van der Waals surface area contributed by atoms with Gasteiger partial charge in [-0.15, -0.1) is 0 Å². The summed E-state index contributed by atoms with van der Waals surface area (Å²) in [5, 5.41) is 0. The monoisotopic (exact) mass is 268 g/mol. The molecule has 2 saturated heterocycles. The zero-order chi connectivity index (χ0) is 13.8. The van der Waals surface area contributed by atoms with E-state index < -0.39 is 36.4 Å². The fourth-order valence-electron chi connectivity index (χ4n) is 2.90. The van der Waals surface area contributed by atoms with Crippen LogP contribution in [0.4, 0.5) is 13.2 Å². The first-order chi connectivity index (χ1) is 8.09. The van der Waals surface area contributed by atoms with Gasteiger partial charge in [0, 0.05) is 5.92 Å². The highest BCUT2D eigenvalue weighted by Gasteiger charge is 2.61. The van der Waals surface area contributed by atoms with Crippen LogP contribution >= 0.6 is 0 Å². The molecule has 0 N–H and O–H groups in total. The summed E-state index contributed by atoms with van der Waals surface area (Å²) >= 11 is 0. The van der Waals surface area contributed by atoms with Crippen molar-refractivity contribution in [3.05, 3.63) is 0 Å². The Hall–Kier alpha value is -0.330. The lowest BCUT2D eigenvalue weighted by atomic mass is 9.82. The second-order valence-corrected chi connectivity index (χ2v) is 5.59. The Balaban J connectivity index is 2.18. The van der Waals surface area contributed by atoms with Crippen molar-refractivity contribution < 1.29 is 27.4 Å². The summed E-state index contributed by atoms with van der Waals surface area (Å²) in [5.41, 5.74) is -1.23. The predicted octanol–water partition coefficient (Wildman–Crippen LogP) is 3.23. The van der Waals surface area contributed by atoms with Crippen LogP contribution in [0, 0.1) is 5.92 Å². The fourth-order valence-corrected chi connectivity index (χ4v) is 2.90. The van der Waals surface area contributed by atoms with E-state index in [0.29, 0.717) is 0 Å². The molecule has 18 heavy (non-hydrogen) atoms. The van der Waals surface area contributed by atoms with Gasteiger partial charge in [0.1, 0.15) is 6.10 Å². The second-order valence-electron chi connectivity index (χ2n) is 5.59. The quantitative estimate of drug-likeness (QED) is 0.769. The number of hydrogen-bond acceptors (Lipinski definition) is 3. The first-order valence-electron chi connectivity index (χ1n) is 6.19. The van der Waals surface area contributed by atoms with Crippen LogP contribution in [0.1, 0.15) is 40.5 Å².